The molecule has 1 unspecified atom stereocenters. The van der Waals surface area contributed by atoms with Gasteiger partial charge in [-0.15, -0.1) is 0 Å². The Bertz CT molecular complexity index is 970. The Balaban J connectivity index is 1.56. The molecule has 1 atom stereocenters. The number of hydrogen-bond acceptors (Lipinski definition) is 6. The Morgan fingerprint density at radius 1 is 1.07 bits per heavy atom. The first kappa shape index (κ1) is 20.0. The molecule has 1 aromatic rings. The van der Waals surface area contributed by atoms with Crippen molar-refractivity contribution in [1.29, 1.82) is 0 Å². The van der Waals surface area contributed by atoms with Crippen LogP contribution in [0.2, 0.25) is 0 Å². The number of nitrogens with zero attached hydrogens (tertiary/aromatic N) is 2. The van der Waals surface area contributed by atoms with Gasteiger partial charge >= 0.3 is 0 Å². The van der Waals surface area contributed by atoms with E-state index in [4.69, 9.17) is 0 Å². The van der Waals surface area contributed by atoms with E-state index in [0.717, 1.165) is 11.0 Å². The molecule has 0 aromatic heterocycles. The van der Waals surface area contributed by atoms with Crippen LogP contribution in [0, 0.1) is 5.82 Å². The van der Waals surface area contributed by atoms with Crippen molar-refractivity contribution in [2.75, 3.05) is 18.0 Å². The van der Waals surface area contributed by atoms with Gasteiger partial charge in [0.15, 0.2) is 0 Å². The first-order chi connectivity index (χ1) is 14.3. The van der Waals surface area contributed by atoms with E-state index >= 15 is 0 Å². The fourth-order valence-electron chi connectivity index (χ4n) is 4.27. The highest BCUT2D eigenvalue weighted by Crippen LogP contribution is 2.33. The van der Waals surface area contributed by atoms with Gasteiger partial charge in [0.2, 0.25) is 17.7 Å². The fourth-order valence-corrected chi connectivity index (χ4v) is 4.27. The van der Waals surface area contributed by atoms with E-state index < -0.39 is 35.5 Å². The van der Waals surface area contributed by atoms with Gasteiger partial charge in [-0.3, -0.25) is 34.2 Å². The maximum absolute atomic E-state index is 14.8. The number of halogens is 1. The molecule has 2 saturated heterocycles. The van der Waals surface area contributed by atoms with Gasteiger partial charge in [0.1, 0.15) is 11.9 Å². The summed E-state index contributed by atoms with van der Waals surface area (Å²) in [5.74, 6) is -3.31. The van der Waals surface area contributed by atoms with Crippen LogP contribution in [0.25, 0.3) is 0 Å². The first-order valence-electron chi connectivity index (χ1n) is 9.83. The Labute approximate surface area is 171 Å². The number of rotatable bonds is 3. The molecular formula is C20H21FN4O5. The minimum atomic E-state index is -1.09. The Morgan fingerprint density at radius 3 is 2.30 bits per heavy atom. The largest absolute Gasteiger partial charge is 0.369 e. The Morgan fingerprint density at radius 2 is 1.70 bits per heavy atom. The van der Waals surface area contributed by atoms with E-state index in [1.807, 2.05) is 0 Å². The zero-order valence-corrected chi connectivity index (χ0v) is 16.4. The predicted molar refractivity (Wildman–Crippen MR) is 102 cm³/mol. The highest BCUT2D eigenvalue weighted by atomic mass is 19.1. The van der Waals surface area contributed by atoms with Gasteiger partial charge in [-0.05, 0) is 31.4 Å². The molecule has 4 rings (SSSR count). The van der Waals surface area contributed by atoms with Crippen LogP contribution in [0.15, 0.2) is 12.1 Å². The summed E-state index contributed by atoms with van der Waals surface area (Å²) in [7, 11) is 0. The van der Waals surface area contributed by atoms with Gasteiger partial charge in [-0.25, -0.2) is 4.39 Å². The van der Waals surface area contributed by atoms with Crippen molar-refractivity contribution in [3.05, 3.63) is 29.1 Å². The van der Waals surface area contributed by atoms with Gasteiger partial charge in [-0.1, -0.05) is 0 Å². The molecule has 2 fully saturated rings. The SMILES string of the molecule is CC(=O)NC1CCN(c2cc3c(cc2F)C(=O)N(C2CCC(=O)NC2=O)C3=O)CC1. The van der Waals surface area contributed by atoms with Crippen LogP contribution in [-0.2, 0) is 14.4 Å². The van der Waals surface area contributed by atoms with Crippen molar-refractivity contribution < 1.29 is 28.4 Å². The average Bonchev–Trinajstić information content (AvgIpc) is 2.92. The van der Waals surface area contributed by atoms with Crippen LogP contribution in [0.4, 0.5) is 10.1 Å². The van der Waals surface area contributed by atoms with Crippen molar-refractivity contribution in [3.8, 4) is 0 Å². The number of piperidine rings is 2. The molecule has 9 nitrogen and oxygen atoms in total. The quantitative estimate of drug-likeness (QED) is 0.687. The van der Waals surface area contributed by atoms with E-state index in [1.54, 1.807) is 4.90 Å². The molecule has 3 heterocycles. The molecule has 0 radical (unpaired) electrons. The summed E-state index contributed by atoms with van der Waals surface area (Å²) < 4.78 is 14.8. The van der Waals surface area contributed by atoms with E-state index in [2.05, 4.69) is 10.6 Å². The van der Waals surface area contributed by atoms with Gasteiger partial charge in [0, 0.05) is 32.5 Å². The molecule has 158 valence electrons. The molecule has 3 aliphatic rings. The lowest BCUT2D eigenvalue weighted by Crippen LogP contribution is -2.54. The van der Waals surface area contributed by atoms with Gasteiger partial charge in [-0.2, -0.15) is 0 Å². The number of anilines is 1. The Kier molecular flexibility index (Phi) is 5.00. The van der Waals surface area contributed by atoms with Crippen LogP contribution in [0.5, 0.6) is 0 Å². The lowest BCUT2D eigenvalue weighted by atomic mass is 10.0. The third-order valence-corrected chi connectivity index (χ3v) is 5.75. The second-order valence-electron chi connectivity index (χ2n) is 7.76. The highest BCUT2D eigenvalue weighted by Gasteiger charge is 2.45. The topological polar surface area (TPSA) is 116 Å². The van der Waals surface area contributed by atoms with E-state index in [0.29, 0.717) is 25.9 Å². The summed E-state index contributed by atoms with van der Waals surface area (Å²) in [4.78, 5) is 62.9. The second kappa shape index (κ2) is 7.51. The first-order valence-corrected chi connectivity index (χ1v) is 9.83. The maximum atomic E-state index is 14.8. The summed E-state index contributed by atoms with van der Waals surface area (Å²) in [5, 5.41) is 4.98. The van der Waals surface area contributed by atoms with E-state index in [-0.39, 0.29) is 41.6 Å². The summed E-state index contributed by atoms with van der Waals surface area (Å²) in [6, 6.07) is 1.32. The zero-order chi connectivity index (χ0) is 21.6. The number of fused-ring (bicyclic) bond motifs is 1. The summed E-state index contributed by atoms with van der Waals surface area (Å²) in [5.41, 5.74) is 0.172. The summed E-state index contributed by atoms with van der Waals surface area (Å²) >= 11 is 0. The monoisotopic (exact) mass is 416 g/mol. The molecule has 0 aliphatic carbocycles. The Hall–Kier alpha value is -3.30. The highest BCUT2D eigenvalue weighted by molar-refractivity contribution is 6.23. The van der Waals surface area contributed by atoms with Gasteiger partial charge in [0.05, 0.1) is 16.8 Å². The number of nitrogens with one attached hydrogen (secondary N) is 2. The van der Waals surface area contributed by atoms with Crippen molar-refractivity contribution in [2.24, 2.45) is 0 Å². The van der Waals surface area contributed by atoms with Gasteiger partial charge < -0.3 is 10.2 Å². The number of amides is 5. The molecule has 0 saturated carbocycles. The number of hydrogen-bond donors (Lipinski definition) is 2. The van der Waals surface area contributed by atoms with Crippen molar-refractivity contribution in [3.63, 3.8) is 0 Å². The third kappa shape index (κ3) is 3.42. The summed E-state index contributed by atoms with van der Waals surface area (Å²) in [6.07, 6.45) is 1.32. The van der Waals surface area contributed by atoms with Crippen molar-refractivity contribution in [1.82, 2.24) is 15.5 Å². The van der Waals surface area contributed by atoms with E-state index in [9.17, 15) is 28.4 Å². The van der Waals surface area contributed by atoms with E-state index in [1.165, 1.54) is 13.0 Å². The standard InChI is InChI=1S/C20H21FN4O5/c1-10(26)22-11-4-6-24(7-5-11)16-9-13-12(8-14(16)21)19(29)25(20(13)30)15-2-3-17(27)23-18(15)28/h8-9,11,15H,2-7H2,1H3,(H,22,26)(H,23,27,28). The summed E-state index contributed by atoms with van der Waals surface area (Å²) in [6.45, 7) is 2.42. The lowest BCUT2D eigenvalue weighted by molar-refractivity contribution is -0.136. The molecular weight excluding hydrogens is 395 g/mol. The smallest absolute Gasteiger partial charge is 0.262 e. The number of carbonyl (C=O) groups is 5. The number of imide groups is 2. The third-order valence-electron chi connectivity index (χ3n) is 5.75. The van der Waals surface area contributed by atoms with Crippen LogP contribution in [0.1, 0.15) is 53.3 Å². The van der Waals surface area contributed by atoms with Crippen molar-refractivity contribution in [2.45, 2.75) is 44.7 Å². The second-order valence-corrected chi connectivity index (χ2v) is 7.76. The minimum absolute atomic E-state index is 0.0162. The maximum Gasteiger partial charge on any atom is 0.262 e. The van der Waals surface area contributed by atoms with Gasteiger partial charge in [0.25, 0.3) is 11.8 Å². The molecule has 5 amide bonds. The lowest BCUT2D eigenvalue weighted by Gasteiger charge is -2.34. The van der Waals surface area contributed by atoms with Crippen LogP contribution < -0.4 is 15.5 Å². The van der Waals surface area contributed by atoms with Crippen molar-refractivity contribution >= 4 is 35.2 Å². The minimum Gasteiger partial charge on any atom is -0.369 e. The number of benzene rings is 1. The van der Waals surface area contributed by atoms with Crippen LogP contribution >= 0.6 is 0 Å². The molecule has 1 aromatic carbocycles. The number of carbonyl (C=O) groups excluding carboxylic acids is 5. The molecule has 3 aliphatic heterocycles. The predicted octanol–water partition coefficient (Wildman–Crippen LogP) is 0.332. The average molecular weight is 416 g/mol. The zero-order valence-electron chi connectivity index (χ0n) is 16.4. The molecule has 0 bridgehead atoms. The fraction of sp³-hybridized carbons (Fsp3) is 0.450. The molecule has 0 spiro atoms. The van der Waals surface area contributed by atoms with Crippen LogP contribution in [-0.4, -0.2) is 59.6 Å². The molecule has 10 heteroatoms. The molecule has 30 heavy (non-hydrogen) atoms. The van der Waals surface area contributed by atoms with Crippen LogP contribution in [0.3, 0.4) is 0 Å². The normalized spacial score (nSPS) is 22.3. The molecule has 2 N–H and O–H groups in total.